The Labute approximate surface area is 277 Å². The predicted octanol–water partition coefficient (Wildman–Crippen LogP) is 11.2. The Balaban J connectivity index is 1.14. The van der Waals surface area contributed by atoms with Crippen LogP contribution in [0.4, 0.5) is 0 Å². The maximum absolute atomic E-state index is 2.51. The third-order valence-corrected chi connectivity index (χ3v) is 11.0. The van der Waals surface area contributed by atoms with E-state index in [1.165, 1.54) is 75.1 Å². The predicted molar refractivity (Wildman–Crippen MR) is 198 cm³/mol. The highest BCUT2D eigenvalue weighted by Gasteiger charge is 2.45. The molecule has 1 aliphatic heterocycles. The highest BCUT2D eigenvalue weighted by atomic mass is 32.1. The van der Waals surface area contributed by atoms with E-state index >= 15 is 0 Å². The summed E-state index contributed by atoms with van der Waals surface area (Å²) in [5.74, 6) is 0. The molecule has 1 saturated heterocycles. The van der Waals surface area contributed by atoms with Crippen LogP contribution in [0, 0.1) is 0 Å². The van der Waals surface area contributed by atoms with Gasteiger partial charge in [-0.15, -0.1) is 11.3 Å². The molecule has 7 aromatic carbocycles. The molecule has 47 heavy (non-hydrogen) atoms. The van der Waals surface area contributed by atoms with Crippen LogP contribution in [0.25, 0.3) is 58.4 Å². The number of hydrogen-bond acceptors (Lipinski definition) is 3. The Kier molecular flexibility index (Phi) is 6.10. The van der Waals surface area contributed by atoms with Crippen LogP contribution >= 0.6 is 11.3 Å². The molecule has 0 aliphatic carbocycles. The van der Waals surface area contributed by atoms with Gasteiger partial charge in [0.15, 0.2) is 0 Å². The standard InChI is InChI=1S/C43H31N3S/c1-3-13-29(14-4-1)27-44-43(45(44)28-30-15-5-2-6-16-30)31-23-25-32(26-24-31)46-37-21-11-9-19-35(37)39-33-17-7-8-18-34(33)40-36-20-10-12-22-38(36)47-42(40)41(39)46/h1-26,43H,27-28H2. The summed E-state index contributed by atoms with van der Waals surface area (Å²) in [6.07, 6.45) is 0.237. The van der Waals surface area contributed by atoms with Crippen molar-refractivity contribution in [3.63, 3.8) is 0 Å². The third-order valence-electron chi connectivity index (χ3n) is 9.82. The number of rotatable bonds is 6. The van der Waals surface area contributed by atoms with Crippen molar-refractivity contribution < 1.29 is 0 Å². The summed E-state index contributed by atoms with van der Waals surface area (Å²) >= 11 is 1.92. The lowest BCUT2D eigenvalue weighted by molar-refractivity contribution is 0.293. The Hall–Kier alpha value is -5.26. The molecule has 0 saturated carbocycles. The summed E-state index contributed by atoms with van der Waals surface area (Å²) in [6, 6.07) is 57.7. The van der Waals surface area contributed by atoms with Crippen LogP contribution in [-0.2, 0) is 13.1 Å². The fraction of sp³-hybridized carbons (Fsp3) is 0.0698. The van der Waals surface area contributed by atoms with E-state index in [0.717, 1.165) is 13.1 Å². The SMILES string of the molecule is c1ccc(CN2C(c3ccc(-n4c5ccccc5c5c6ccccc6c6c7ccccc7sc6c54)cc3)N2Cc2ccccc2)cc1. The second-order valence-corrected chi connectivity index (χ2v) is 13.6. The van der Waals surface area contributed by atoms with E-state index in [2.05, 4.69) is 172 Å². The number of nitrogens with zero attached hydrogens (tertiary/aromatic N) is 3. The molecule has 10 rings (SSSR count). The second kappa shape index (κ2) is 10.6. The number of para-hydroxylation sites is 1. The van der Waals surface area contributed by atoms with E-state index in [9.17, 15) is 0 Å². The molecular weight excluding hydrogens is 591 g/mol. The summed E-state index contributed by atoms with van der Waals surface area (Å²) in [4.78, 5) is 0. The Morgan fingerprint density at radius 3 is 1.66 bits per heavy atom. The van der Waals surface area contributed by atoms with E-state index in [1.54, 1.807) is 0 Å². The molecule has 3 heterocycles. The average Bonchev–Trinajstić information content (AvgIpc) is 3.47. The molecule has 0 amide bonds. The molecule has 3 nitrogen and oxygen atoms in total. The zero-order valence-corrected chi connectivity index (χ0v) is 26.6. The van der Waals surface area contributed by atoms with Crippen molar-refractivity contribution in [1.82, 2.24) is 14.6 Å². The Morgan fingerprint density at radius 1 is 0.468 bits per heavy atom. The normalized spacial score (nSPS) is 17.7. The minimum Gasteiger partial charge on any atom is -0.308 e. The van der Waals surface area contributed by atoms with Gasteiger partial charge < -0.3 is 4.57 Å². The number of thiophene rings is 1. The molecular formula is C43H31N3S. The van der Waals surface area contributed by atoms with Gasteiger partial charge in [-0.05, 0) is 51.7 Å². The van der Waals surface area contributed by atoms with Crippen molar-refractivity contribution in [1.29, 1.82) is 0 Å². The van der Waals surface area contributed by atoms with E-state index in [-0.39, 0.29) is 6.17 Å². The number of fused-ring (bicyclic) bond motifs is 10. The minimum atomic E-state index is 0.237. The van der Waals surface area contributed by atoms with Gasteiger partial charge in [-0.25, -0.2) is 10.0 Å². The van der Waals surface area contributed by atoms with Crippen LogP contribution in [0.15, 0.2) is 158 Å². The fourth-order valence-electron chi connectivity index (χ4n) is 7.68. The molecule has 9 aromatic rings. The molecule has 2 unspecified atom stereocenters. The lowest BCUT2D eigenvalue weighted by Crippen LogP contribution is -2.07. The van der Waals surface area contributed by atoms with Crippen LogP contribution in [0.3, 0.4) is 0 Å². The molecule has 1 aliphatic rings. The van der Waals surface area contributed by atoms with Crippen LogP contribution in [-0.4, -0.2) is 14.6 Å². The van der Waals surface area contributed by atoms with Crippen molar-refractivity contribution in [2.45, 2.75) is 19.3 Å². The van der Waals surface area contributed by atoms with E-state index < -0.39 is 0 Å². The zero-order chi connectivity index (χ0) is 30.9. The van der Waals surface area contributed by atoms with Gasteiger partial charge in [0.25, 0.3) is 0 Å². The average molecular weight is 622 g/mol. The molecule has 0 bridgehead atoms. The lowest BCUT2D eigenvalue weighted by atomic mass is 9.99. The van der Waals surface area contributed by atoms with Gasteiger partial charge in [0.1, 0.15) is 6.17 Å². The highest BCUT2D eigenvalue weighted by molar-refractivity contribution is 7.27. The van der Waals surface area contributed by atoms with Crippen molar-refractivity contribution in [3.8, 4) is 5.69 Å². The Bertz CT molecular complexity index is 2540. The van der Waals surface area contributed by atoms with Gasteiger partial charge in [-0.1, -0.05) is 133 Å². The highest BCUT2D eigenvalue weighted by Crippen LogP contribution is 2.48. The molecule has 0 N–H and O–H groups in total. The molecule has 0 spiro atoms. The van der Waals surface area contributed by atoms with Gasteiger partial charge in [-0.3, -0.25) is 0 Å². The molecule has 2 atom stereocenters. The number of hydrazine groups is 1. The maximum Gasteiger partial charge on any atom is 0.116 e. The maximum atomic E-state index is 2.51. The first-order valence-electron chi connectivity index (χ1n) is 16.3. The van der Waals surface area contributed by atoms with Crippen LogP contribution < -0.4 is 0 Å². The molecule has 0 radical (unpaired) electrons. The van der Waals surface area contributed by atoms with Crippen molar-refractivity contribution in [2.75, 3.05) is 0 Å². The summed E-state index contributed by atoms with van der Waals surface area (Å²) in [7, 11) is 0. The quantitative estimate of drug-likeness (QED) is 0.171. The zero-order valence-electron chi connectivity index (χ0n) is 25.8. The van der Waals surface area contributed by atoms with E-state index in [0.29, 0.717) is 0 Å². The first kappa shape index (κ1) is 26.9. The number of benzene rings is 7. The van der Waals surface area contributed by atoms with E-state index in [4.69, 9.17) is 0 Å². The monoisotopic (exact) mass is 621 g/mol. The van der Waals surface area contributed by atoms with Gasteiger partial charge in [0, 0.05) is 45.0 Å². The van der Waals surface area contributed by atoms with Crippen LogP contribution in [0.2, 0.25) is 0 Å². The van der Waals surface area contributed by atoms with Crippen LogP contribution in [0.1, 0.15) is 22.9 Å². The van der Waals surface area contributed by atoms with Gasteiger partial charge in [0.05, 0.1) is 15.7 Å². The summed E-state index contributed by atoms with van der Waals surface area (Å²) < 4.78 is 5.19. The molecule has 2 aromatic heterocycles. The summed E-state index contributed by atoms with van der Waals surface area (Å²) in [5, 5.41) is 13.0. The van der Waals surface area contributed by atoms with Crippen molar-refractivity contribution >= 4 is 64.1 Å². The van der Waals surface area contributed by atoms with Crippen LogP contribution in [0.5, 0.6) is 0 Å². The van der Waals surface area contributed by atoms with Gasteiger partial charge in [-0.2, -0.15) is 0 Å². The molecule has 224 valence electrons. The summed E-state index contributed by atoms with van der Waals surface area (Å²) in [6.45, 7) is 1.79. The number of hydrogen-bond donors (Lipinski definition) is 0. The first-order chi connectivity index (χ1) is 23.3. The lowest BCUT2D eigenvalue weighted by Gasteiger charge is -2.11. The Morgan fingerprint density at radius 2 is 1.00 bits per heavy atom. The molecule has 4 heteroatoms. The fourth-order valence-corrected chi connectivity index (χ4v) is 8.93. The van der Waals surface area contributed by atoms with Gasteiger partial charge >= 0.3 is 0 Å². The van der Waals surface area contributed by atoms with E-state index in [1.807, 2.05) is 11.3 Å². The third kappa shape index (κ3) is 4.26. The van der Waals surface area contributed by atoms with Crippen molar-refractivity contribution in [2.24, 2.45) is 0 Å². The summed E-state index contributed by atoms with van der Waals surface area (Å²) in [5.41, 5.74) is 7.71. The smallest absolute Gasteiger partial charge is 0.116 e. The van der Waals surface area contributed by atoms with Crippen molar-refractivity contribution in [3.05, 3.63) is 174 Å². The molecule has 1 fully saturated rings. The minimum absolute atomic E-state index is 0.237. The second-order valence-electron chi connectivity index (χ2n) is 12.6. The first-order valence-corrected chi connectivity index (χ1v) is 17.1. The van der Waals surface area contributed by atoms with Gasteiger partial charge in [0.2, 0.25) is 0 Å². The number of aromatic nitrogens is 1. The topological polar surface area (TPSA) is 10.9 Å². The largest absolute Gasteiger partial charge is 0.308 e.